The largest absolute Gasteiger partial charge is 0.368 e. The molecule has 1 aliphatic heterocycles. The molecule has 21 heavy (non-hydrogen) atoms. The zero-order valence-corrected chi connectivity index (χ0v) is 11.8. The van der Waals surface area contributed by atoms with Gasteiger partial charge in [0.05, 0.1) is 18.8 Å². The summed E-state index contributed by atoms with van der Waals surface area (Å²) in [5, 5.41) is 13.3. The van der Waals surface area contributed by atoms with Crippen molar-refractivity contribution in [3.05, 3.63) is 35.1 Å². The Hall–Kier alpha value is -2.03. The van der Waals surface area contributed by atoms with Crippen LogP contribution in [0.4, 0.5) is 0 Å². The van der Waals surface area contributed by atoms with Crippen molar-refractivity contribution in [2.75, 3.05) is 6.61 Å². The van der Waals surface area contributed by atoms with Crippen LogP contribution in [-0.4, -0.2) is 43.8 Å². The van der Waals surface area contributed by atoms with E-state index in [-0.39, 0.29) is 0 Å². The number of amides is 1. The van der Waals surface area contributed by atoms with E-state index in [0.717, 1.165) is 11.3 Å². The molecule has 9 heteroatoms. The van der Waals surface area contributed by atoms with Gasteiger partial charge in [0.2, 0.25) is 5.91 Å². The zero-order chi connectivity index (χ0) is 14.8. The van der Waals surface area contributed by atoms with Gasteiger partial charge in [-0.3, -0.25) is 9.63 Å². The van der Waals surface area contributed by atoms with Crippen molar-refractivity contribution in [1.29, 1.82) is 0 Å². The number of nitrogens with zero attached hydrogens (tertiary/aromatic N) is 5. The van der Waals surface area contributed by atoms with Crippen LogP contribution in [0.2, 0.25) is 5.02 Å². The number of nitrogens with two attached hydrogens (primary N) is 1. The SMILES string of the molecule is NC(=O)C1CCON1Cc1cc(Cl)ccc1-n1cnnn1. The monoisotopic (exact) mass is 308 g/mol. The Morgan fingerprint density at radius 2 is 2.38 bits per heavy atom. The highest BCUT2D eigenvalue weighted by molar-refractivity contribution is 6.30. The van der Waals surface area contributed by atoms with E-state index in [1.54, 1.807) is 17.2 Å². The van der Waals surface area contributed by atoms with Crippen LogP contribution in [-0.2, 0) is 16.2 Å². The van der Waals surface area contributed by atoms with Crippen molar-refractivity contribution in [3.8, 4) is 5.69 Å². The van der Waals surface area contributed by atoms with Crippen molar-refractivity contribution in [3.63, 3.8) is 0 Å². The first-order valence-electron chi connectivity index (χ1n) is 6.36. The number of carbonyl (C=O) groups excluding carboxylic acids is 1. The fraction of sp³-hybridized carbons (Fsp3) is 0.333. The molecule has 2 heterocycles. The van der Waals surface area contributed by atoms with Crippen LogP contribution >= 0.6 is 11.6 Å². The number of hydrogen-bond acceptors (Lipinski definition) is 6. The summed E-state index contributed by atoms with van der Waals surface area (Å²) in [6, 6.07) is 4.91. The molecule has 1 fully saturated rings. The Labute approximate surface area is 125 Å². The van der Waals surface area contributed by atoms with Crippen LogP contribution in [0.5, 0.6) is 0 Å². The Balaban J connectivity index is 1.91. The lowest BCUT2D eigenvalue weighted by molar-refractivity contribution is -0.154. The summed E-state index contributed by atoms with van der Waals surface area (Å²) in [5.41, 5.74) is 6.98. The van der Waals surface area contributed by atoms with E-state index >= 15 is 0 Å². The Morgan fingerprint density at radius 3 is 3.10 bits per heavy atom. The molecule has 2 N–H and O–H groups in total. The predicted molar refractivity (Wildman–Crippen MR) is 73.3 cm³/mol. The Morgan fingerprint density at radius 1 is 1.52 bits per heavy atom. The van der Waals surface area contributed by atoms with Gasteiger partial charge in [-0.25, -0.2) is 4.68 Å². The number of hydrogen-bond donors (Lipinski definition) is 1. The predicted octanol–water partition coefficient (Wildman–Crippen LogP) is 0.307. The Kier molecular flexibility index (Phi) is 3.82. The van der Waals surface area contributed by atoms with Gasteiger partial charge in [0.15, 0.2) is 0 Å². The minimum Gasteiger partial charge on any atom is -0.368 e. The quantitative estimate of drug-likeness (QED) is 0.872. The topological polar surface area (TPSA) is 99.2 Å². The highest BCUT2D eigenvalue weighted by Gasteiger charge is 2.31. The number of primary amides is 1. The highest BCUT2D eigenvalue weighted by Crippen LogP contribution is 2.24. The average Bonchev–Trinajstić information content (AvgIpc) is 3.09. The number of aromatic nitrogens is 4. The Bertz CT molecular complexity index is 647. The lowest BCUT2D eigenvalue weighted by atomic mass is 10.1. The van der Waals surface area contributed by atoms with Gasteiger partial charge in [0, 0.05) is 5.02 Å². The number of tetrazole rings is 1. The van der Waals surface area contributed by atoms with Crippen LogP contribution in [0, 0.1) is 0 Å². The molecule has 110 valence electrons. The number of halogens is 1. The van der Waals surface area contributed by atoms with Crippen molar-refractivity contribution < 1.29 is 9.63 Å². The number of hydroxylamine groups is 2. The third-order valence-electron chi connectivity index (χ3n) is 3.29. The molecule has 1 unspecified atom stereocenters. The minimum absolute atomic E-state index is 0.364. The molecule has 0 aliphatic carbocycles. The number of carbonyl (C=O) groups is 1. The fourth-order valence-electron chi connectivity index (χ4n) is 2.30. The van der Waals surface area contributed by atoms with Gasteiger partial charge in [0.1, 0.15) is 12.4 Å². The van der Waals surface area contributed by atoms with Gasteiger partial charge >= 0.3 is 0 Å². The smallest absolute Gasteiger partial charge is 0.237 e. The molecule has 8 nitrogen and oxygen atoms in total. The van der Waals surface area contributed by atoms with E-state index in [1.165, 1.54) is 11.0 Å². The second kappa shape index (κ2) is 5.76. The van der Waals surface area contributed by atoms with Crippen LogP contribution < -0.4 is 5.73 Å². The van der Waals surface area contributed by atoms with Crippen molar-refractivity contribution in [1.82, 2.24) is 25.3 Å². The third-order valence-corrected chi connectivity index (χ3v) is 3.52. The molecule has 1 aromatic heterocycles. The third kappa shape index (κ3) is 2.87. The van der Waals surface area contributed by atoms with Gasteiger partial charge in [0.25, 0.3) is 0 Å². The lowest BCUT2D eigenvalue weighted by Gasteiger charge is -2.21. The van der Waals surface area contributed by atoms with E-state index in [4.69, 9.17) is 22.2 Å². The van der Waals surface area contributed by atoms with E-state index in [0.29, 0.717) is 24.6 Å². The molecule has 0 saturated carbocycles. The van der Waals surface area contributed by atoms with Crippen LogP contribution in [0.25, 0.3) is 5.69 Å². The second-order valence-corrected chi connectivity index (χ2v) is 5.08. The van der Waals surface area contributed by atoms with Crippen LogP contribution in [0.1, 0.15) is 12.0 Å². The molecule has 2 aromatic rings. The fourth-order valence-corrected chi connectivity index (χ4v) is 2.49. The summed E-state index contributed by atoms with van der Waals surface area (Å²) in [5.74, 6) is -0.404. The molecule has 1 atom stereocenters. The first-order chi connectivity index (χ1) is 10.1. The molecular weight excluding hydrogens is 296 g/mol. The summed E-state index contributed by atoms with van der Waals surface area (Å²) in [6.45, 7) is 0.831. The molecule has 0 radical (unpaired) electrons. The molecule has 3 rings (SSSR count). The van der Waals surface area contributed by atoms with Crippen LogP contribution in [0.15, 0.2) is 24.5 Å². The maximum Gasteiger partial charge on any atom is 0.237 e. The van der Waals surface area contributed by atoms with Crippen LogP contribution in [0.3, 0.4) is 0 Å². The highest BCUT2D eigenvalue weighted by atomic mass is 35.5. The lowest BCUT2D eigenvalue weighted by Crippen LogP contribution is -2.39. The first-order valence-corrected chi connectivity index (χ1v) is 6.73. The molecule has 1 amide bonds. The van der Waals surface area contributed by atoms with Crippen molar-refractivity contribution >= 4 is 17.5 Å². The standard InChI is InChI=1S/C12H13ClN6O2/c13-9-1-2-10(18-7-15-16-17-18)8(5-9)6-19-11(12(14)20)3-4-21-19/h1-2,5,7,11H,3-4,6H2,(H2,14,20). The summed E-state index contributed by atoms with van der Waals surface area (Å²) in [6.07, 6.45) is 2.07. The maximum absolute atomic E-state index is 11.4. The molecule has 0 spiro atoms. The second-order valence-electron chi connectivity index (χ2n) is 4.64. The molecule has 1 aliphatic rings. The molecule has 1 aromatic carbocycles. The van der Waals surface area contributed by atoms with Crippen molar-refractivity contribution in [2.24, 2.45) is 5.73 Å². The minimum atomic E-state index is -0.439. The zero-order valence-electron chi connectivity index (χ0n) is 11.0. The maximum atomic E-state index is 11.4. The number of benzene rings is 1. The van der Waals surface area contributed by atoms with Crippen molar-refractivity contribution in [2.45, 2.75) is 19.0 Å². The first kappa shape index (κ1) is 13.9. The van der Waals surface area contributed by atoms with Gasteiger partial charge in [-0.1, -0.05) is 11.6 Å². The van der Waals surface area contributed by atoms with E-state index < -0.39 is 11.9 Å². The summed E-state index contributed by atoms with van der Waals surface area (Å²) >= 11 is 6.05. The van der Waals surface area contributed by atoms with Gasteiger partial charge in [-0.2, -0.15) is 5.06 Å². The van der Waals surface area contributed by atoms with E-state index in [9.17, 15) is 4.79 Å². The molecule has 1 saturated heterocycles. The summed E-state index contributed by atoms with van der Waals surface area (Å²) in [7, 11) is 0. The van der Waals surface area contributed by atoms with E-state index in [2.05, 4.69) is 15.5 Å². The van der Waals surface area contributed by atoms with Gasteiger partial charge in [-0.05, 0) is 40.6 Å². The summed E-state index contributed by atoms with van der Waals surface area (Å²) < 4.78 is 1.53. The van der Waals surface area contributed by atoms with E-state index in [1.807, 2.05) is 6.07 Å². The molecular formula is C12H13ClN6O2. The summed E-state index contributed by atoms with van der Waals surface area (Å²) in [4.78, 5) is 16.9. The van der Waals surface area contributed by atoms with Gasteiger partial charge in [-0.15, -0.1) is 5.10 Å². The number of rotatable bonds is 4. The molecule has 0 bridgehead atoms. The average molecular weight is 309 g/mol. The van der Waals surface area contributed by atoms with Gasteiger partial charge < -0.3 is 5.73 Å². The normalized spacial score (nSPS) is 19.0.